The van der Waals surface area contributed by atoms with Crippen molar-refractivity contribution >= 4 is 23.6 Å². The highest BCUT2D eigenvalue weighted by molar-refractivity contribution is 6.08. The van der Waals surface area contributed by atoms with Gasteiger partial charge in [0, 0.05) is 13.8 Å². The SMILES string of the molecule is COC(=O)C1=C(C)[N+](C)=C(C)C(C(=O)OC)C1C(=O)OC. The first-order valence-corrected chi connectivity index (χ1v) is 6.33. The molecule has 0 aliphatic carbocycles. The van der Waals surface area contributed by atoms with Crippen LogP contribution in [0.15, 0.2) is 11.3 Å². The summed E-state index contributed by atoms with van der Waals surface area (Å²) in [6.45, 7) is 3.38. The largest absolute Gasteiger partial charge is 0.469 e. The van der Waals surface area contributed by atoms with Crippen LogP contribution in [0.4, 0.5) is 0 Å². The first-order chi connectivity index (χ1) is 9.81. The van der Waals surface area contributed by atoms with Crippen molar-refractivity contribution in [1.29, 1.82) is 0 Å². The predicted molar refractivity (Wildman–Crippen MR) is 72.6 cm³/mol. The van der Waals surface area contributed by atoms with Gasteiger partial charge < -0.3 is 14.2 Å². The monoisotopic (exact) mass is 298 g/mol. The molecule has 0 spiro atoms. The van der Waals surface area contributed by atoms with Gasteiger partial charge in [-0.2, -0.15) is 0 Å². The molecule has 7 heteroatoms. The smallest absolute Gasteiger partial charge is 0.341 e. The van der Waals surface area contributed by atoms with Crippen LogP contribution in [0.1, 0.15) is 13.8 Å². The Balaban J connectivity index is 3.58. The third-order valence-corrected chi connectivity index (χ3v) is 3.83. The van der Waals surface area contributed by atoms with Crippen LogP contribution in [0.3, 0.4) is 0 Å². The molecule has 0 amide bonds. The second-order valence-corrected chi connectivity index (χ2v) is 4.69. The van der Waals surface area contributed by atoms with Gasteiger partial charge in [-0.3, -0.25) is 9.59 Å². The zero-order valence-electron chi connectivity index (χ0n) is 13.1. The van der Waals surface area contributed by atoms with Gasteiger partial charge in [0.15, 0.2) is 17.3 Å². The first-order valence-electron chi connectivity index (χ1n) is 6.33. The fourth-order valence-corrected chi connectivity index (χ4v) is 2.49. The van der Waals surface area contributed by atoms with Crippen LogP contribution in [0.5, 0.6) is 0 Å². The number of carbonyl (C=O) groups is 3. The Morgan fingerprint density at radius 1 is 0.905 bits per heavy atom. The fourth-order valence-electron chi connectivity index (χ4n) is 2.49. The molecular weight excluding hydrogens is 278 g/mol. The second kappa shape index (κ2) is 6.51. The van der Waals surface area contributed by atoms with Gasteiger partial charge in [-0.15, -0.1) is 0 Å². The van der Waals surface area contributed by atoms with E-state index in [-0.39, 0.29) is 5.57 Å². The quantitative estimate of drug-likeness (QED) is 0.418. The summed E-state index contributed by atoms with van der Waals surface area (Å²) >= 11 is 0. The summed E-state index contributed by atoms with van der Waals surface area (Å²) in [6, 6.07) is 0. The standard InChI is InChI=1S/C14H20NO6/c1-7-9(12(16)19-4)11(14(18)21-6)10(13(17)20-5)8(2)15(7)3/h9,11H,1-6H3/q+1. The molecule has 0 bridgehead atoms. The molecule has 7 nitrogen and oxygen atoms in total. The van der Waals surface area contributed by atoms with Gasteiger partial charge in [-0.1, -0.05) is 0 Å². The molecule has 1 aliphatic rings. The molecule has 1 rings (SSSR count). The summed E-state index contributed by atoms with van der Waals surface area (Å²) in [5.41, 5.74) is 1.24. The molecule has 0 saturated heterocycles. The van der Waals surface area contributed by atoms with Crippen molar-refractivity contribution in [1.82, 2.24) is 0 Å². The molecule has 0 radical (unpaired) electrons. The van der Waals surface area contributed by atoms with Crippen LogP contribution in [-0.4, -0.2) is 56.6 Å². The van der Waals surface area contributed by atoms with E-state index in [2.05, 4.69) is 0 Å². The minimum Gasteiger partial charge on any atom is -0.469 e. The summed E-state index contributed by atoms with van der Waals surface area (Å²) in [5, 5.41) is 0. The Morgan fingerprint density at radius 3 is 1.81 bits per heavy atom. The average Bonchev–Trinajstić information content (AvgIpc) is 2.49. The highest BCUT2D eigenvalue weighted by atomic mass is 16.5. The van der Waals surface area contributed by atoms with Crippen LogP contribution in [0.25, 0.3) is 0 Å². The van der Waals surface area contributed by atoms with Crippen molar-refractivity contribution in [3.63, 3.8) is 0 Å². The van der Waals surface area contributed by atoms with Crippen molar-refractivity contribution < 1.29 is 33.2 Å². The van der Waals surface area contributed by atoms with E-state index in [1.165, 1.54) is 21.3 Å². The number of nitrogens with zero attached hydrogens (tertiary/aromatic N) is 1. The number of carbonyl (C=O) groups excluding carboxylic acids is 3. The molecule has 1 heterocycles. The third-order valence-electron chi connectivity index (χ3n) is 3.83. The second-order valence-electron chi connectivity index (χ2n) is 4.69. The van der Waals surface area contributed by atoms with Gasteiger partial charge in [0.05, 0.1) is 21.3 Å². The number of hydrogen-bond donors (Lipinski definition) is 0. The zero-order chi connectivity index (χ0) is 16.3. The van der Waals surface area contributed by atoms with Gasteiger partial charge in [-0.25, -0.2) is 9.37 Å². The first kappa shape index (κ1) is 16.9. The van der Waals surface area contributed by atoms with Crippen molar-refractivity contribution in [2.24, 2.45) is 11.8 Å². The van der Waals surface area contributed by atoms with Crippen LogP contribution in [0.2, 0.25) is 0 Å². The molecule has 0 saturated carbocycles. The van der Waals surface area contributed by atoms with Gasteiger partial charge in [0.25, 0.3) is 0 Å². The van der Waals surface area contributed by atoms with Crippen LogP contribution in [0, 0.1) is 11.8 Å². The Morgan fingerprint density at radius 2 is 1.38 bits per heavy atom. The molecule has 0 aromatic carbocycles. The maximum Gasteiger partial charge on any atom is 0.341 e. The Hall–Kier alpha value is -2.18. The maximum atomic E-state index is 12.1. The number of esters is 3. The molecule has 0 N–H and O–H groups in total. The molecule has 2 atom stereocenters. The summed E-state index contributed by atoms with van der Waals surface area (Å²) in [7, 11) is 5.35. The van der Waals surface area contributed by atoms with Crippen LogP contribution < -0.4 is 0 Å². The Kier molecular flexibility index (Phi) is 5.23. The van der Waals surface area contributed by atoms with E-state index < -0.39 is 29.7 Å². The molecule has 0 aromatic rings. The van der Waals surface area contributed by atoms with Crippen molar-refractivity contribution in [2.75, 3.05) is 28.4 Å². The predicted octanol–water partition coefficient (Wildman–Crippen LogP) is 0.129. The lowest BCUT2D eigenvalue weighted by molar-refractivity contribution is -0.450. The molecule has 1 aliphatic heterocycles. The summed E-state index contributed by atoms with van der Waals surface area (Å²) in [6.07, 6.45) is 0. The number of methoxy groups -OCH3 is 3. The third kappa shape index (κ3) is 2.81. The van der Waals surface area contributed by atoms with Crippen molar-refractivity contribution in [3.8, 4) is 0 Å². The summed E-state index contributed by atoms with van der Waals surface area (Å²) < 4.78 is 15.9. The van der Waals surface area contributed by atoms with E-state index in [1.54, 1.807) is 25.5 Å². The number of allylic oxidation sites excluding steroid dienone is 1. The van der Waals surface area contributed by atoms with E-state index in [9.17, 15) is 14.4 Å². The molecule has 2 unspecified atom stereocenters. The molecule has 116 valence electrons. The van der Waals surface area contributed by atoms with E-state index in [1.807, 2.05) is 0 Å². The lowest BCUT2D eigenvalue weighted by Crippen LogP contribution is -2.46. The normalized spacial score (nSPS) is 22.0. The number of rotatable bonds is 3. The van der Waals surface area contributed by atoms with Gasteiger partial charge >= 0.3 is 17.9 Å². The van der Waals surface area contributed by atoms with Gasteiger partial charge in [0.2, 0.25) is 0 Å². The highest BCUT2D eigenvalue weighted by Crippen LogP contribution is 2.32. The minimum absolute atomic E-state index is 0.104. The van der Waals surface area contributed by atoms with E-state index >= 15 is 0 Å². The van der Waals surface area contributed by atoms with E-state index in [0.29, 0.717) is 11.4 Å². The lowest BCUT2D eigenvalue weighted by atomic mass is 9.79. The molecular formula is C14H20NO6+. The number of ether oxygens (including phenoxy) is 3. The number of hydrogen-bond acceptors (Lipinski definition) is 6. The zero-order valence-corrected chi connectivity index (χ0v) is 13.1. The van der Waals surface area contributed by atoms with E-state index in [0.717, 1.165) is 0 Å². The van der Waals surface area contributed by atoms with Gasteiger partial charge in [-0.05, 0) is 0 Å². The average molecular weight is 298 g/mol. The summed E-state index contributed by atoms with van der Waals surface area (Å²) in [5.74, 6) is -3.96. The molecule has 21 heavy (non-hydrogen) atoms. The minimum atomic E-state index is -1.08. The molecule has 0 aromatic heterocycles. The fraction of sp³-hybridized carbons (Fsp3) is 0.571. The molecule has 0 fully saturated rings. The Bertz CT molecular complexity index is 546. The van der Waals surface area contributed by atoms with Crippen molar-refractivity contribution in [3.05, 3.63) is 11.3 Å². The van der Waals surface area contributed by atoms with Gasteiger partial charge in [0.1, 0.15) is 18.5 Å². The highest BCUT2D eigenvalue weighted by Gasteiger charge is 2.51. The van der Waals surface area contributed by atoms with E-state index in [4.69, 9.17) is 14.2 Å². The van der Waals surface area contributed by atoms with Crippen LogP contribution >= 0.6 is 0 Å². The van der Waals surface area contributed by atoms with Crippen molar-refractivity contribution in [2.45, 2.75) is 13.8 Å². The topological polar surface area (TPSA) is 81.9 Å². The lowest BCUT2D eigenvalue weighted by Gasteiger charge is -2.27. The summed E-state index contributed by atoms with van der Waals surface area (Å²) in [4.78, 5) is 36.2. The van der Waals surface area contributed by atoms with Crippen LogP contribution in [-0.2, 0) is 28.6 Å². The Labute approximate surface area is 123 Å². The maximum absolute atomic E-state index is 12.1.